The summed E-state index contributed by atoms with van der Waals surface area (Å²) >= 11 is 0. The molecule has 0 saturated carbocycles. The van der Waals surface area contributed by atoms with E-state index in [1.807, 2.05) is 6.92 Å². The summed E-state index contributed by atoms with van der Waals surface area (Å²) in [6, 6.07) is 1.79. The van der Waals surface area contributed by atoms with E-state index in [0.717, 1.165) is 5.56 Å². The maximum Gasteiger partial charge on any atom is 0.113 e. The van der Waals surface area contributed by atoms with E-state index >= 15 is 0 Å². The summed E-state index contributed by atoms with van der Waals surface area (Å²) in [5.74, 6) is 5.44. The summed E-state index contributed by atoms with van der Waals surface area (Å²) in [6.07, 6.45) is 1.56. The molecule has 0 aliphatic rings. The third-order valence-corrected chi connectivity index (χ3v) is 1.58. The topological polar surface area (TPSA) is 87.7 Å². The van der Waals surface area contributed by atoms with E-state index in [4.69, 9.17) is 11.3 Å². The molecule has 0 radical (unpaired) electrons. The van der Waals surface area contributed by atoms with Crippen LogP contribution >= 0.6 is 0 Å². The molecule has 1 aromatic heterocycles. The average Bonchev–Trinajstić information content (AvgIpc) is 2.18. The van der Waals surface area contributed by atoms with Crippen LogP contribution in [0.5, 0.6) is 0 Å². The standard InChI is InChI=1S/C9H9N5/c1-7-5-8(12-6-9(7)10)3-2-4-13-14-11/h5-6H,4,10H2,1H3. The zero-order chi connectivity index (χ0) is 10.4. The number of hydrogen-bond acceptors (Lipinski definition) is 3. The highest BCUT2D eigenvalue weighted by Gasteiger charge is 1.93. The van der Waals surface area contributed by atoms with E-state index in [-0.39, 0.29) is 6.54 Å². The molecule has 0 amide bonds. The van der Waals surface area contributed by atoms with Crippen molar-refractivity contribution in [2.24, 2.45) is 5.11 Å². The number of aromatic nitrogens is 1. The first-order chi connectivity index (χ1) is 6.74. The Balaban J connectivity index is 2.80. The van der Waals surface area contributed by atoms with Gasteiger partial charge in [0, 0.05) is 4.91 Å². The molecule has 1 heterocycles. The third-order valence-electron chi connectivity index (χ3n) is 1.58. The molecule has 1 aromatic rings. The Hall–Kier alpha value is -2.18. The summed E-state index contributed by atoms with van der Waals surface area (Å²) in [5.41, 5.74) is 15.8. The Morgan fingerprint density at radius 3 is 3.14 bits per heavy atom. The molecule has 0 saturated heterocycles. The van der Waals surface area contributed by atoms with Gasteiger partial charge in [-0.1, -0.05) is 11.0 Å². The van der Waals surface area contributed by atoms with Crippen molar-refractivity contribution >= 4 is 5.69 Å². The lowest BCUT2D eigenvalue weighted by Gasteiger charge is -1.97. The van der Waals surface area contributed by atoms with Gasteiger partial charge in [-0.2, -0.15) is 0 Å². The highest BCUT2D eigenvalue weighted by molar-refractivity contribution is 5.46. The van der Waals surface area contributed by atoms with E-state index in [1.165, 1.54) is 0 Å². The van der Waals surface area contributed by atoms with Crippen LogP contribution in [-0.2, 0) is 0 Å². The first-order valence-electron chi connectivity index (χ1n) is 3.96. The molecule has 0 atom stereocenters. The summed E-state index contributed by atoms with van der Waals surface area (Å²) in [6.45, 7) is 2.04. The van der Waals surface area contributed by atoms with Crippen molar-refractivity contribution in [2.75, 3.05) is 12.3 Å². The zero-order valence-corrected chi connectivity index (χ0v) is 7.73. The number of nitrogens with zero attached hydrogens (tertiary/aromatic N) is 4. The van der Waals surface area contributed by atoms with Gasteiger partial charge in [-0.05, 0) is 30.0 Å². The maximum absolute atomic E-state index is 8.00. The summed E-state index contributed by atoms with van der Waals surface area (Å²) in [5, 5.41) is 3.28. The fourth-order valence-electron chi connectivity index (χ4n) is 0.832. The second-order valence-electron chi connectivity index (χ2n) is 2.62. The fourth-order valence-corrected chi connectivity index (χ4v) is 0.832. The Morgan fingerprint density at radius 2 is 2.50 bits per heavy atom. The Morgan fingerprint density at radius 1 is 1.71 bits per heavy atom. The lowest BCUT2D eigenvalue weighted by atomic mass is 10.2. The molecular formula is C9H9N5. The van der Waals surface area contributed by atoms with Crippen molar-refractivity contribution in [1.29, 1.82) is 0 Å². The number of hydrogen-bond donors (Lipinski definition) is 1. The van der Waals surface area contributed by atoms with Gasteiger partial charge in [-0.15, -0.1) is 0 Å². The van der Waals surface area contributed by atoms with E-state index < -0.39 is 0 Å². The minimum atomic E-state index is 0.154. The highest BCUT2D eigenvalue weighted by atomic mass is 15.1. The van der Waals surface area contributed by atoms with Crippen LogP contribution in [0.15, 0.2) is 17.4 Å². The number of aryl methyl sites for hydroxylation is 1. The lowest BCUT2D eigenvalue weighted by Crippen LogP contribution is -1.92. The second kappa shape index (κ2) is 4.75. The molecule has 5 heteroatoms. The number of nitrogen functional groups attached to an aromatic ring is 1. The van der Waals surface area contributed by atoms with Crippen LogP contribution in [0.4, 0.5) is 5.69 Å². The highest BCUT2D eigenvalue weighted by Crippen LogP contribution is 2.08. The first kappa shape index (κ1) is 9.90. The van der Waals surface area contributed by atoms with Gasteiger partial charge in [-0.3, -0.25) is 0 Å². The predicted octanol–water partition coefficient (Wildman–Crippen LogP) is 1.63. The number of rotatable bonds is 1. The van der Waals surface area contributed by atoms with Crippen molar-refractivity contribution < 1.29 is 0 Å². The number of nitrogens with two attached hydrogens (primary N) is 1. The molecule has 70 valence electrons. The number of pyridine rings is 1. The van der Waals surface area contributed by atoms with Crippen LogP contribution < -0.4 is 5.73 Å². The van der Waals surface area contributed by atoms with Crippen LogP contribution in [0.3, 0.4) is 0 Å². The van der Waals surface area contributed by atoms with Gasteiger partial charge in [0.15, 0.2) is 0 Å². The van der Waals surface area contributed by atoms with Gasteiger partial charge < -0.3 is 5.73 Å². The zero-order valence-electron chi connectivity index (χ0n) is 7.73. The SMILES string of the molecule is Cc1cc(C#CCN=[N+]=[N-])ncc1N. The predicted molar refractivity (Wildman–Crippen MR) is 54.3 cm³/mol. The molecular weight excluding hydrogens is 178 g/mol. The van der Waals surface area contributed by atoms with Crippen LogP contribution in [-0.4, -0.2) is 11.5 Å². The van der Waals surface area contributed by atoms with Gasteiger partial charge >= 0.3 is 0 Å². The monoisotopic (exact) mass is 187 g/mol. The molecule has 0 spiro atoms. The first-order valence-corrected chi connectivity index (χ1v) is 3.96. The molecule has 0 fully saturated rings. The molecule has 0 aromatic carbocycles. The summed E-state index contributed by atoms with van der Waals surface area (Å²) in [7, 11) is 0. The molecule has 0 bridgehead atoms. The largest absolute Gasteiger partial charge is 0.397 e. The minimum absolute atomic E-state index is 0.154. The van der Waals surface area contributed by atoms with Crippen molar-refractivity contribution in [3.63, 3.8) is 0 Å². The van der Waals surface area contributed by atoms with Crippen LogP contribution in [0.25, 0.3) is 10.4 Å². The Kier molecular flexibility index (Phi) is 3.36. The van der Waals surface area contributed by atoms with Crippen LogP contribution in [0, 0.1) is 18.8 Å². The van der Waals surface area contributed by atoms with E-state index in [0.29, 0.717) is 11.4 Å². The molecule has 14 heavy (non-hydrogen) atoms. The van der Waals surface area contributed by atoms with Crippen LogP contribution in [0.2, 0.25) is 0 Å². The number of azide groups is 1. The minimum Gasteiger partial charge on any atom is -0.397 e. The number of anilines is 1. The maximum atomic E-state index is 8.00. The van der Waals surface area contributed by atoms with Crippen molar-refractivity contribution in [1.82, 2.24) is 4.98 Å². The Bertz CT molecular complexity index is 434. The lowest BCUT2D eigenvalue weighted by molar-refractivity contribution is 1.23. The van der Waals surface area contributed by atoms with E-state index in [9.17, 15) is 0 Å². The third kappa shape index (κ3) is 2.70. The van der Waals surface area contributed by atoms with Crippen molar-refractivity contribution in [3.8, 4) is 11.8 Å². The molecule has 2 N–H and O–H groups in total. The summed E-state index contributed by atoms with van der Waals surface area (Å²) < 4.78 is 0. The van der Waals surface area contributed by atoms with E-state index in [1.54, 1.807) is 12.3 Å². The van der Waals surface area contributed by atoms with E-state index in [2.05, 4.69) is 26.9 Å². The van der Waals surface area contributed by atoms with Gasteiger partial charge in [0.25, 0.3) is 0 Å². The van der Waals surface area contributed by atoms with Gasteiger partial charge in [0.1, 0.15) is 5.69 Å². The summed E-state index contributed by atoms with van der Waals surface area (Å²) in [4.78, 5) is 6.58. The van der Waals surface area contributed by atoms with Crippen molar-refractivity contribution in [2.45, 2.75) is 6.92 Å². The molecule has 1 rings (SSSR count). The normalized spacial score (nSPS) is 8.36. The smallest absolute Gasteiger partial charge is 0.113 e. The second-order valence-corrected chi connectivity index (χ2v) is 2.62. The Labute approximate surface area is 81.6 Å². The molecule has 0 unspecified atom stereocenters. The molecule has 0 aliphatic heterocycles. The quantitative estimate of drug-likeness (QED) is 0.313. The molecule has 5 nitrogen and oxygen atoms in total. The average molecular weight is 187 g/mol. The van der Waals surface area contributed by atoms with Gasteiger partial charge in [0.2, 0.25) is 0 Å². The molecule has 0 aliphatic carbocycles. The van der Waals surface area contributed by atoms with Crippen LogP contribution in [0.1, 0.15) is 11.3 Å². The fraction of sp³-hybridized carbons (Fsp3) is 0.222. The van der Waals surface area contributed by atoms with Gasteiger partial charge in [-0.25, -0.2) is 4.98 Å². The van der Waals surface area contributed by atoms with Gasteiger partial charge in [0.05, 0.1) is 18.4 Å². The van der Waals surface area contributed by atoms with Crippen molar-refractivity contribution in [3.05, 3.63) is 34.0 Å².